The van der Waals surface area contributed by atoms with Crippen molar-refractivity contribution in [3.8, 4) is 11.1 Å². The van der Waals surface area contributed by atoms with Crippen molar-refractivity contribution in [1.29, 1.82) is 0 Å². The van der Waals surface area contributed by atoms with Crippen molar-refractivity contribution in [2.45, 2.75) is 33.6 Å². The van der Waals surface area contributed by atoms with Crippen LogP contribution in [0.5, 0.6) is 0 Å². The molecule has 0 bridgehead atoms. The molecule has 0 nitrogen and oxygen atoms in total. The van der Waals surface area contributed by atoms with Gasteiger partial charge in [0, 0.05) is 0 Å². The summed E-state index contributed by atoms with van der Waals surface area (Å²) in [6.07, 6.45) is 2.39. The highest BCUT2D eigenvalue weighted by molar-refractivity contribution is 5.71. The molecule has 0 aliphatic carbocycles. The van der Waals surface area contributed by atoms with Crippen LogP contribution in [-0.2, 0) is 6.42 Å². The van der Waals surface area contributed by atoms with Crippen molar-refractivity contribution >= 4 is 0 Å². The number of rotatable bonds is 3. The number of hydrogen-bond acceptors (Lipinski definition) is 0. The van der Waals surface area contributed by atoms with Crippen LogP contribution in [0.3, 0.4) is 0 Å². The Morgan fingerprint density at radius 3 is 2.00 bits per heavy atom. The van der Waals surface area contributed by atoms with Gasteiger partial charge in [-0.3, -0.25) is 0 Å². The molecule has 2 aromatic rings. The maximum Gasteiger partial charge on any atom is -0.0125 e. The van der Waals surface area contributed by atoms with Gasteiger partial charge in [-0.25, -0.2) is 0 Å². The average molecular weight is 224 g/mol. The summed E-state index contributed by atoms with van der Waals surface area (Å²) in [5.74, 6) is 0. The van der Waals surface area contributed by atoms with Gasteiger partial charge in [-0.15, -0.1) is 0 Å². The fraction of sp³-hybridized carbons (Fsp3) is 0.294. The predicted molar refractivity (Wildman–Crippen MR) is 75.3 cm³/mol. The first-order valence-corrected chi connectivity index (χ1v) is 6.38. The lowest BCUT2D eigenvalue weighted by atomic mass is 9.92. The zero-order valence-corrected chi connectivity index (χ0v) is 11.0. The van der Waals surface area contributed by atoms with E-state index in [0.29, 0.717) is 0 Å². The molecule has 2 rings (SSSR count). The molecular weight excluding hydrogens is 204 g/mol. The summed E-state index contributed by atoms with van der Waals surface area (Å²) >= 11 is 0. The molecule has 0 saturated heterocycles. The molecule has 0 aromatic heterocycles. The standard InChI is InChI=1S/C17H20/c1-4-8-15-11-13(2)17(14(3)12-15)16-9-6-5-7-10-16/h5-7,9-12H,4,8H2,1-3H3. The molecular formula is C17H20. The molecule has 0 heterocycles. The van der Waals surface area contributed by atoms with Crippen LogP contribution in [0.25, 0.3) is 11.1 Å². The Bertz CT molecular complexity index is 472. The summed E-state index contributed by atoms with van der Waals surface area (Å²) in [4.78, 5) is 0. The largest absolute Gasteiger partial charge is 0.0651 e. The Labute approximate surface area is 104 Å². The fourth-order valence-electron chi connectivity index (χ4n) is 2.55. The van der Waals surface area contributed by atoms with Crippen molar-refractivity contribution in [1.82, 2.24) is 0 Å². The van der Waals surface area contributed by atoms with Gasteiger partial charge in [0.15, 0.2) is 0 Å². The van der Waals surface area contributed by atoms with Gasteiger partial charge in [-0.2, -0.15) is 0 Å². The summed E-state index contributed by atoms with van der Waals surface area (Å²) in [5.41, 5.74) is 6.96. The zero-order chi connectivity index (χ0) is 12.3. The van der Waals surface area contributed by atoms with E-state index in [9.17, 15) is 0 Å². The van der Waals surface area contributed by atoms with Crippen molar-refractivity contribution in [3.63, 3.8) is 0 Å². The van der Waals surface area contributed by atoms with Crippen LogP contribution in [0.4, 0.5) is 0 Å². The van der Waals surface area contributed by atoms with E-state index in [4.69, 9.17) is 0 Å². The second-order valence-electron chi connectivity index (χ2n) is 4.72. The maximum atomic E-state index is 2.33. The number of benzene rings is 2. The molecule has 0 radical (unpaired) electrons. The van der Waals surface area contributed by atoms with Crippen LogP contribution in [0.1, 0.15) is 30.0 Å². The third-order valence-corrected chi connectivity index (χ3v) is 3.19. The first kappa shape index (κ1) is 11.9. The van der Waals surface area contributed by atoms with Crippen molar-refractivity contribution < 1.29 is 0 Å². The molecule has 0 atom stereocenters. The molecule has 0 aliphatic rings. The molecule has 0 amide bonds. The second kappa shape index (κ2) is 5.18. The summed E-state index contributed by atoms with van der Waals surface area (Å²) < 4.78 is 0. The van der Waals surface area contributed by atoms with Gasteiger partial charge in [0.2, 0.25) is 0 Å². The topological polar surface area (TPSA) is 0 Å². The normalized spacial score (nSPS) is 10.5. The van der Waals surface area contributed by atoms with Crippen LogP contribution >= 0.6 is 0 Å². The zero-order valence-electron chi connectivity index (χ0n) is 11.0. The van der Waals surface area contributed by atoms with Gasteiger partial charge in [-0.1, -0.05) is 55.8 Å². The SMILES string of the molecule is CCCc1cc(C)c(-c2ccccc2)c(C)c1. The molecule has 0 spiro atoms. The second-order valence-corrected chi connectivity index (χ2v) is 4.72. The smallest absolute Gasteiger partial charge is 0.0125 e. The molecule has 0 unspecified atom stereocenters. The number of hydrogen-bond donors (Lipinski definition) is 0. The van der Waals surface area contributed by atoms with E-state index in [1.807, 2.05) is 0 Å². The Morgan fingerprint density at radius 2 is 1.47 bits per heavy atom. The van der Waals surface area contributed by atoms with Gasteiger partial charge in [-0.05, 0) is 48.1 Å². The lowest BCUT2D eigenvalue weighted by molar-refractivity contribution is 0.918. The predicted octanol–water partition coefficient (Wildman–Crippen LogP) is 4.92. The van der Waals surface area contributed by atoms with Crippen molar-refractivity contribution in [2.24, 2.45) is 0 Å². The summed E-state index contributed by atoms with van der Waals surface area (Å²) in [5, 5.41) is 0. The first-order valence-electron chi connectivity index (χ1n) is 6.38. The monoisotopic (exact) mass is 224 g/mol. The molecule has 0 heteroatoms. The van der Waals surface area contributed by atoms with E-state index in [0.717, 1.165) is 0 Å². The van der Waals surface area contributed by atoms with Gasteiger partial charge in [0.1, 0.15) is 0 Å². The Hall–Kier alpha value is -1.56. The maximum absolute atomic E-state index is 2.33. The van der Waals surface area contributed by atoms with Gasteiger partial charge < -0.3 is 0 Å². The van der Waals surface area contributed by atoms with Gasteiger partial charge in [0.05, 0.1) is 0 Å². The molecule has 0 saturated carbocycles. The lowest BCUT2D eigenvalue weighted by Crippen LogP contribution is -1.92. The molecule has 88 valence electrons. The van der Waals surface area contributed by atoms with Crippen molar-refractivity contribution in [3.05, 3.63) is 59.2 Å². The molecule has 17 heavy (non-hydrogen) atoms. The summed E-state index contributed by atoms with van der Waals surface area (Å²) in [6.45, 7) is 6.67. The van der Waals surface area contributed by atoms with E-state index >= 15 is 0 Å². The third kappa shape index (κ3) is 2.58. The van der Waals surface area contributed by atoms with Gasteiger partial charge >= 0.3 is 0 Å². The first-order chi connectivity index (χ1) is 8.22. The number of aryl methyl sites for hydroxylation is 3. The Kier molecular flexibility index (Phi) is 3.63. The highest BCUT2D eigenvalue weighted by Gasteiger charge is 2.06. The van der Waals surface area contributed by atoms with E-state index < -0.39 is 0 Å². The minimum absolute atomic E-state index is 1.18. The van der Waals surface area contributed by atoms with Crippen LogP contribution in [0, 0.1) is 13.8 Å². The van der Waals surface area contributed by atoms with Crippen molar-refractivity contribution in [2.75, 3.05) is 0 Å². The highest BCUT2D eigenvalue weighted by atomic mass is 14.1. The minimum atomic E-state index is 1.18. The van der Waals surface area contributed by atoms with Crippen LogP contribution < -0.4 is 0 Å². The van der Waals surface area contributed by atoms with E-state index in [1.165, 1.54) is 40.7 Å². The van der Waals surface area contributed by atoms with E-state index in [-0.39, 0.29) is 0 Å². The molecule has 2 aromatic carbocycles. The average Bonchev–Trinajstić information content (AvgIpc) is 2.30. The third-order valence-electron chi connectivity index (χ3n) is 3.19. The van der Waals surface area contributed by atoms with Crippen LogP contribution in [0.15, 0.2) is 42.5 Å². The molecule has 0 fully saturated rings. The Balaban J connectivity index is 2.49. The molecule has 0 aliphatic heterocycles. The molecule has 0 N–H and O–H groups in total. The van der Waals surface area contributed by atoms with Gasteiger partial charge in [0.25, 0.3) is 0 Å². The van der Waals surface area contributed by atoms with E-state index in [2.05, 4.69) is 63.2 Å². The minimum Gasteiger partial charge on any atom is -0.0651 e. The fourth-order valence-corrected chi connectivity index (χ4v) is 2.55. The summed E-state index contributed by atoms with van der Waals surface area (Å²) in [7, 11) is 0. The van der Waals surface area contributed by atoms with Crippen LogP contribution in [0.2, 0.25) is 0 Å². The lowest BCUT2D eigenvalue weighted by Gasteiger charge is -2.12. The van der Waals surface area contributed by atoms with E-state index in [1.54, 1.807) is 0 Å². The quantitative estimate of drug-likeness (QED) is 0.694. The Morgan fingerprint density at radius 1 is 0.882 bits per heavy atom. The summed E-state index contributed by atoms with van der Waals surface area (Å²) in [6, 6.07) is 15.3. The highest BCUT2D eigenvalue weighted by Crippen LogP contribution is 2.28. The van der Waals surface area contributed by atoms with Crippen LogP contribution in [-0.4, -0.2) is 0 Å².